The van der Waals surface area contributed by atoms with E-state index in [1.807, 2.05) is 66.0 Å². The molecule has 2 aromatic carbocycles. The van der Waals surface area contributed by atoms with Crippen molar-refractivity contribution in [2.75, 3.05) is 13.2 Å². The highest BCUT2D eigenvalue weighted by molar-refractivity contribution is 5.82. The third kappa shape index (κ3) is 9.92. The van der Waals surface area contributed by atoms with E-state index in [0.717, 1.165) is 11.1 Å². The van der Waals surface area contributed by atoms with Gasteiger partial charge in [-0.2, -0.15) is 13.2 Å². The molecule has 39 heavy (non-hydrogen) atoms. The van der Waals surface area contributed by atoms with Crippen LogP contribution in [0.25, 0.3) is 0 Å². The molecule has 1 amide bonds. The molecule has 1 fully saturated rings. The van der Waals surface area contributed by atoms with Crippen LogP contribution in [0.3, 0.4) is 0 Å². The molecule has 11 heteroatoms. The molecule has 0 aromatic heterocycles. The molecule has 0 spiro atoms. The van der Waals surface area contributed by atoms with Gasteiger partial charge in [0.05, 0.1) is 32.0 Å². The van der Waals surface area contributed by atoms with Crippen LogP contribution in [0, 0.1) is 5.92 Å². The molecular formula is C28H34F3NO7. The van der Waals surface area contributed by atoms with Crippen LogP contribution < -0.4 is 5.32 Å². The number of benzene rings is 2. The normalized spacial score (nSPS) is 23.3. The summed E-state index contributed by atoms with van der Waals surface area (Å²) in [7, 11) is 0. The summed E-state index contributed by atoms with van der Waals surface area (Å²) in [4.78, 5) is 22.7. The van der Waals surface area contributed by atoms with Gasteiger partial charge in [0.1, 0.15) is 6.10 Å². The molecule has 1 aliphatic rings. The predicted octanol–water partition coefficient (Wildman–Crippen LogP) is 4.47. The number of aliphatic carboxylic acids is 1. The fraction of sp³-hybridized carbons (Fsp3) is 0.500. The zero-order valence-corrected chi connectivity index (χ0v) is 21.6. The second-order valence-electron chi connectivity index (χ2n) is 9.38. The van der Waals surface area contributed by atoms with Crippen molar-refractivity contribution in [1.82, 2.24) is 5.32 Å². The van der Waals surface area contributed by atoms with Gasteiger partial charge in [0.2, 0.25) is 0 Å². The Morgan fingerprint density at radius 3 is 2.15 bits per heavy atom. The molecule has 0 bridgehead atoms. The highest BCUT2D eigenvalue weighted by Gasteiger charge is 2.49. The van der Waals surface area contributed by atoms with Crippen LogP contribution in [0.15, 0.2) is 60.7 Å². The SMILES string of the molecule is C[C@@H]1C(NC(=O)C(F)(F)F)[C@H](OCCCCC(=O)O)OC(COCc2ccccc2)[C@@H]1OCc1ccccc1. The minimum atomic E-state index is -5.10. The number of alkyl halides is 3. The molecule has 5 atom stereocenters. The van der Waals surface area contributed by atoms with E-state index >= 15 is 0 Å². The van der Waals surface area contributed by atoms with E-state index in [1.54, 1.807) is 6.92 Å². The Bertz CT molecular complexity index is 1020. The lowest BCUT2D eigenvalue weighted by molar-refractivity contribution is -0.271. The van der Waals surface area contributed by atoms with E-state index < -0.39 is 48.5 Å². The van der Waals surface area contributed by atoms with E-state index in [2.05, 4.69) is 0 Å². The van der Waals surface area contributed by atoms with Gasteiger partial charge in [-0.15, -0.1) is 0 Å². The largest absolute Gasteiger partial charge is 0.481 e. The van der Waals surface area contributed by atoms with Crippen molar-refractivity contribution in [3.63, 3.8) is 0 Å². The number of carboxylic acids is 1. The number of ether oxygens (including phenoxy) is 4. The van der Waals surface area contributed by atoms with Crippen molar-refractivity contribution in [3.8, 4) is 0 Å². The third-order valence-corrected chi connectivity index (χ3v) is 6.35. The van der Waals surface area contributed by atoms with Gasteiger partial charge in [-0.25, -0.2) is 0 Å². The van der Waals surface area contributed by atoms with Crippen LogP contribution in [0.4, 0.5) is 13.2 Å². The topological polar surface area (TPSA) is 103 Å². The van der Waals surface area contributed by atoms with Gasteiger partial charge >= 0.3 is 18.1 Å². The number of carbonyl (C=O) groups excluding carboxylic acids is 1. The molecule has 0 radical (unpaired) electrons. The molecule has 1 heterocycles. The number of hydrogen-bond donors (Lipinski definition) is 2. The summed E-state index contributed by atoms with van der Waals surface area (Å²) in [6.45, 7) is 2.24. The molecular weight excluding hydrogens is 519 g/mol. The zero-order chi connectivity index (χ0) is 28.3. The van der Waals surface area contributed by atoms with E-state index in [1.165, 1.54) is 0 Å². The fourth-order valence-corrected chi connectivity index (χ4v) is 4.31. The van der Waals surface area contributed by atoms with Crippen LogP contribution >= 0.6 is 0 Å². The maximum absolute atomic E-state index is 13.2. The Kier molecular flexibility index (Phi) is 11.7. The monoisotopic (exact) mass is 553 g/mol. The van der Waals surface area contributed by atoms with Crippen LogP contribution in [0.5, 0.6) is 0 Å². The highest BCUT2D eigenvalue weighted by Crippen LogP contribution is 2.31. The molecule has 0 aliphatic carbocycles. The second-order valence-corrected chi connectivity index (χ2v) is 9.38. The van der Waals surface area contributed by atoms with Crippen LogP contribution in [-0.2, 0) is 41.8 Å². The lowest BCUT2D eigenvalue weighted by atomic mass is 9.88. The molecule has 2 aromatic rings. The van der Waals surface area contributed by atoms with Gasteiger partial charge in [0.15, 0.2) is 6.29 Å². The summed E-state index contributed by atoms with van der Waals surface area (Å²) >= 11 is 0. The summed E-state index contributed by atoms with van der Waals surface area (Å²) in [6, 6.07) is 17.6. The van der Waals surface area contributed by atoms with Crippen LogP contribution in [0.1, 0.15) is 37.3 Å². The van der Waals surface area contributed by atoms with Gasteiger partial charge in [-0.3, -0.25) is 9.59 Å². The summed E-state index contributed by atoms with van der Waals surface area (Å²) in [5, 5.41) is 10.8. The number of rotatable bonds is 14. The van der Waals surface area contributed by atoms with Crippen molar-refractivity contribution in [2.24, 2.45) is 5.92 Å². The van der Waals surface area contributed by atoms with Crippen molar-refractivity contribution in [3.05, 3.63) is 71.8 Å². The lowest BCUT2D eigenvalue weighted by Gasteiger charge is -2.45. The number of carboxylic acid groups (broad SMARTS) is 1. The molecule has 0 saturated carbocycles. The Hall–Kier alpha value is -2.99. The number of hydrogen-bond acceptors (Lipinski definition) is 6. The first-order chi connectivity index (χ1) is 18.6. The smallest absolute Gasteiger partial charge is 0.471 e. The summed E-state index contributed by atoms with van der Waals surface area (Å²) in [5.74, 6) is -3.71. The number of carbonyl (C=O) groups is 2. The maximum Gasteiger partial charge on any atom is 0.471 e. The third-order valence-electron chi connectivity index (χ3n) is 6.35. The first kappa shape index (κ1) is 30.6. The fourth-order valence-electron chi connectivity index (χ4n) is 4.31. The number of unbranched alkanes of at least 4 members (excludes halogenated alkanes) is 1. The van der Waals surface area contributed by atoms with E-state index in [9.17, 15) is 22.8 Å². The lowest BCUT2D eigenvalue weighted by Crippen LogP contribution is -2.63. The number of amides is 1. The molecule has 1 aliphatic heterocycles. The van der Waals surface area contributed by atoms with Crippen molar-refractivity contribution < 1.29 is 46.8 Å². The van der Waals surface area contributed by atoms with Gasteiger partial charge in [-0.1, -0.05) is 67.6 Å². The van der Waals surface area contributed by atoms with Crippen LogP contribution in [0.2, 0.25) is 0 Å². The Morgan fingerprint density at radius 1 is 0.949 bits per heavy atom. The summed E-state index contributed by atoms with van der Waals surface area (Å²) < 4.78 is 63.3. The number of nitrogens with one attached hydrogen (secondary N) is 1. The van der Waals surface area contributed by atoms with Crippen molar-refractivity contribution in [2.45, 2.75) is 70.1 Å². The summed E-state index contributed by atoms with van der Waals surface area (Å²) in [6.07, 6.45) is -7.15. The first-order valence-corrected chi connectivity index (χ1v) is 12.8. The Balaban J connectivity index is 1.75. The van der Waals surface area contributed by atoms with E-state index in [4.69, 9.17) is 24.1 Å². The Morgan fingerprint density at radius 2 is 1.56 bits per heavy atom. The predicted molar refractivity (Wildman–Crippen MR) is 134 cm³/mol. The van der Waals surface area contributed by atoms with Gasteiger partial charge < -0.3 is 29.4 Å². The maximum atomic E-state index is 13.2. The average molecular weight is 554 g/mol. The zero-order valence-electron chi connectivity index (χ0n) is 21.6. The average Bonchev–Trinajstić information content (AvgIpc) is 2.90. The highest BCUT2D eigenvalue weighted by atomic mass is 19.4. The Labute approximate surface area is 225 Å². The standard InChI is InChI=1S/C28H34F3NO7/c1-19-24(32-27(35)28(29,30)31)26(37-15-9-8-14-23(33)34)39-22(18-36-16-20-10-4-2-5-11-20)25(19)38-17-21-12-6-3-7-13-21/h2-7,10-13,19,22,24-26H,8-9,14-18H2,1H3,(H,32,35)(H,33,34)/t19-,22?,24?,25-,26-/m1/s1. The summed E-state index contributed by atoms with van der Waals surface area (Å²) in [5.41, 5.74) is 1.80. The molecule has 8 nitrogen and oxygen atoms in total. The van der Waals surface area contributed by atoms with Gasteiger partial charge in [-0.05, 0) is 24.0 Å². The molecule has 1 saturated heterocycles. The minimum Gasteiger partial charge on any atom is -0.481 e. The van der Waals surface area contributed by atoms with Crippen molar-refractivity contribution >= 4 is 11.9 Å². The molecule has 214 valence electrons. The molecule has 2 unspecified atom stereocenters. The first-order valence-electron chi connectivity index (χ1n) is 12.8. The van der Waals surface area contributed by atoms with E-state index in [0.29, 0.717) is 12.8 Å². The quantitative estimate of drug-likeness (QED) is 0.333. The molecule has 2 N–H and O–H groups in total. The molecule has 3 rings (SSSR count). The van der Waals surface area contributed by atoms with E-state index in [-0.39, 0.29) is 32.8 Å². The number of halogens is 3. The van der Waals surface area contributed by atoms with Crippen molar-refractivity contribution in [1.29, 1.82) is 0 Å². The van der Waals surface area contributed by atoms with Gasteiger partial charge in [0, 0.05) is 18.9 Å². The minimum absolute atomic E-state index is 0.0379. The van der Waals surface area contributed by atoms with Crippen LogP contribution in [-0.4, -0.2) is 60.9 Å². The van der Waals surface area contributed by atoms with Gasteiger partial charge in [0.25, 0.3) is 0 Å². The second kappa shape index (κ2) is 15.0.